The third-order valence-corrected chi connectivity index (χ3v) is 2.33. The van der Waals surface area contributed by atoms with Crippen LogP contribution in [0.15, 0.2) is 18.2 Å². The van der Waals surface area contributed by atoms with Crippen LogP contribution in [0.3, 0.4) is 0 Å². The van der Waals surface area contributed by atoms with Crippen molar-refractivity contribution in [1.82, 2.24) is 10.6 Å². The molecule has 0 fully saturated rings. The molecule has 4 heteroatoms. The molecule has 0 aliphatic carbocycles. The van der Waals surface area contributed by atoms with E-state index in [4.69, 9.17) is 9.47 Å². The van der Waals surface area contributed by atoms with Crippen molar-refractivity contribution < 1.29 is 9.47 Å². The second-order valence-corrected chi connectivity index (χ2v) is 3.12. The van der Waals surface area contributed by atoms with Gasteiger partial charge in [0.2, 0.25) is 0 Å². The van der Waals surface area contributed by atoms with Gasteiger partial charge in [-0.25, -0.2) is 0 Å². The Kier molecular flexibility index (Phi) is 4.39. The monoisotopic (exact) mass is 210 g/mol. The molecule has 0 saturated heterocycles. The largest absolute Gasteiger partial charge is 0.497 e. The lowest BCUT2D eigenvalue weighted by Gasteiger charge is -2.19. The number of methoxy groups -OCH3 is 2. The molecule has 2 N–H and O–H groups in total. The van der Waals surface area contributed by atoms with Crippen LogP contribution < -0.4 is 20.1 Å². The standard InChI is InChI=1S/C11H18N2O2/c1-12-11(13-2)9-6-5-8(14-3)7-10(9)15-4/h5-7,11-13H,1-4H3. The van der Waals surface area contributed by atoms with E-state index in [9.17, 15) is 0 Å². The van der Waals surface area contributed by atoms with Crippen molar-refractivity contribution in [2.45, 2.75) is 6.17 Å². The van der Waals surface area contributed by atoms with Gasteiger partial charge >= 0.3 is 0 Å². The molecule has 1 aromatic carbocycles. The fraction of sp³-hybridized carbons (Fsp3) is 0.455. The minimum absolute atomic E-state index is 0.0749. The highest BCUT2D eigenvalue weighted by atomic mass is 16.5. The molecule has 0 radical (unpaired) electrons. The summed E-state index contributed by atoms with van der Waals surface area (Å²) in [5, 5.41) is 6.30. The Hall–Kier alpha value is -1.26. The topological polar surface area (TPSA) is 42.5 Å². The Labute approximate surface area is 90.6 Å². The molecule has 15 heavy (non-hydrogen) atoms. The molecule has 0 heterocycles. The summed E-state index contributed by atoms with van der Waals surface area (Å²) in [6.07, 6.45) is 0.0749. The van der Waals surface area contributed by atoms with Gasteiger partial charge in [0, 0.05) is 11.6 Å². The maximum Gasteiger partial charge on any atom is 0.128 e. The zero-order chi connectivity index (χ0) is 11.3. The second kappa shape index (κ2) is 5.58. The average Bonchev–Trinajstić information content (AvgIpc) is 2.31. The normalized spacial score (nSPS) is 10.5. The quantitative estimate of drug-likeness (QED) is 0.715. The van der Waals surface area contributed by atoms with Crippen LogP contribution in [0.4, 0.5) is 0 Å². The first-order valence-electron chi connectivity index (χ1n) is 4.83. The molecule has 84 valence electrons. The van der Waals surface area contributed by atoms with Crippen molar-refractivity contribution in [2.75, 3.05) is 28.3 Å². The number of nitrogens with one attached hydrogen (secondary N) is 2. The van der Waals surface area contributed by atoms with Crippen molar-refractivity contribution in [1.29, 1.82) is 0 Å². The molecule has 0 aliphatic rings. The third-order valence-electron chi connectivity index (χ3n) is 2.33. The Balaban J connectivity index is 3.06. The minimum atomic E-state index is 0.0749. The lowest BCUT2D eigenvalue weighted by atomic mass is 10.1. The van der Waals surface area contributed by atoms with Crippen LogP contribution >= 0.6 is 0 Å². The molecule has 0 bridgehead atoms. The summed E-state index contributed by atoms with van der Waals surface area (Å²) in [4.78, 5) is 0. The average molecular weight is 210 g/mol. The maximum absolute atomic E-state index is 5.31. The predicted octanol–water partition coefficient (Wildman–Crippen LogP) is 1.14. The van der Waals surface area contributed by atoms with E-state index < -0.39 is 0 Å². The van der Waals surface area contributed by atoms with E-state index >= 15 is 0 Å². The van der Waals surface area contributed by atoms with E-state index in [-0.39, 0.29) is 6.17 Å². The Morgan fingerprint density at radius 2 is 1.73 bits per heavy atom. The molecule has 0 spiro atoms. The van der Waals surface area contributed by atoms with Crippen LogP contribution in [0.5, 0.6) is 11.5 Å². The van der Waals surface area contributed by atoms with Crippen LogP contribution in [0.25, 0.3) is 0 Å². The minimum Gasteiger partial charge on any atom is -0.497 e. The Morgan fingerprint density at radius 1 is 1.07 bits per heavy atom. The maximum atomic E-state index is 5.31. The zero-order valence-corrected chi connectivity index (χ0v) is 9.63. The smallest absolute Gasteiger partial charge is 0.128 e. The van der Waals surface area contributed by atoms with Crippen molar-refractivity contribution in [3.63, 3.8) is 0 Å². The molecule has 0 aliphatic heterocycles. The van der Waals surface area contributed by atoms with Gasteiger partial charge in [-0.3, -0.25) is 0 Å². The fourth-order valence-corrected chi connectivity index (χ4v) is 1.51. The Morgan fingerprint density at radius 3 is 2.20 bits per heavy atom. The number of hydrogen-bond donors (Lipinski definition) is 2. The summed E-state index contributed by atoms with van der Waals surface area (Å²) in [5.74, 6) is 1.60. The van der Waals surface area contributed by atoms with Gasteiger partial charge in [0.25, 0.3) is 0 Å². The first-order chi connectivity index (χ1) is 7.26. The summed E-state index contributed by atoms with van der Waals surface area (Å²) in [7, 11) is 7.08. The van der Waals surface area contributed by atoms with Gasteiger partial charge in [0.15, 0.2) is 0 Å². The summed E-state index contributed by atoms with van der Waals surface area (Å²) < 4.78 is 10.5. The lowest BCUT2D eigenvalue weighted by Crippen LogP contribution is -2.29. The van der Waals surface area contributed by atoms with Crippen LogP contribution in [-0.4, -0.2) is 28.3 Å². The molecule has 0 saturated carbocycles. The molecule has 0 unspecified atom stereocenters. The SMILES string of the molecule is CNC(NC)c1ccc(OC)cc1OC. The van der Waals surface area contributed by atoms with Crippen LogP contribution in [-0.2, 0) is 0 Å². The summed E-state index contributed by atoms with van der Waals surface area (Å²) in [6, 6.07) is 5.77. The number of benzene rings is 1. The van der Waals surface area contributed by atoms with Crippen molar-refractivity contribution in [3.05, 3.63) is 23.8 Å². The van der Waals surface area contributed by atoms with E-state index in [1.807, 2.05) is 32.3 Å². The van der Waals surface area contributed by atoms with E-state index in [1.165, 1.54) is 0 Å². The zero-order valence-electron chi connectivity index (χ0n) is 9.63. The van der Waals surface area contributed by atoms with Gasteiger partial charge in [-0.2, -0.15) is 0 Å². The highest BCUT2D eigenvalue weighted by Gasteiger charge is 2.12. The van der Waals surface area contributed by atoms with Gasteiger partial charge < -0.3 is 20.1 Å². The van der Waals surface area contributed by atoms with Gasteiger partial charge in [0.05, 0.1) is 20.4 Å². The molecule has 0 atom stereocenters. The summed E-state index contributed by atoms with van der Waals surface area (Å²) in [5.41, 5.74) is 1.06. The van der Waals surface area contributed by atoms with Gasteiger partial charge in [0.1, 0.15) is 11.5 Å². The van der Waals surface area contributed by atoms with Gasteiger partial charge in [-0.15, -0.1) is 0 Å². The molecule has 0 amide bonds. The highest BCUT2D eigenvalue weighted by Crippen LogP contribution is 2.27. The first-order valence-corrected chi connectivity index (χ1v) is 4.83. The number of hydrogen-bond acceptors (Lipinski definition) is 4. The van der Waals surface area contributed by atoms with Gasteiger partial charge in [-0.1, -0.05) is 0 Å². The summed E-state index contributed by atoms with van der Waals surface area (Å²) in [6.45, 7) is 0. The predicted molar refractivity (Wildman–Crippen MR) is 60.4 cm³/mol. The lowest BCUT2D eigenvalue weighted by molar-refractivity contribution is 0.381. The molecular formula is C11H18N2O2. The molecular weight excluding hydrogens is 192 g/mol. The molecule has 1 rings (SSSR count). The Bertz CT molecular complexity index is 311. The van der Waals surface area contributed by atoms with E-state index in [0.717, 1.165) is 17.1 Å². The van der Waals surface area contributed by atoms with Crippen LogP contribution in [0, 0.1) is 0 Å². The van der Waals surface area contributed by atoms with E-state index in [2.05, 4.69) is 10.6 Å². The van der Waals surface area contributed by atoms with Gasteiger partial charge in [-0.05, 0) is 26.2 Å². The fourth-order valence-electron chi connectivity index (χ4n) is 1.51. The van der Waals surface area contributed by atoms with Crippen LogP contribution in [0.1, 0.15) is 11.7 Å². The van der Waals surface area contributed by atoms with Crippen LogP contribution in [0.2, 0.25) is 0 Å². The molecule has 4 nitrogen and oxygen atoms in total. The number of ether oxygens (including phenoxy) is 2. The third kappa shape index (κ3) is 2.61. The van der Waals surface area contributed by atoms with Crippen molar-refractivity contribution >= 4 is 0 Å². The summed E-state index contributed by atoms with van der Waals surface area (Å²) >= 11 is 0. The number of rotatable bonds is 5. The van der Waals surface area contributed by atoms with Crippen molar-refractivity contribution in [3.8, 4) is 11.5 Å². The first kappa shape index (κ1) is 11.8. The van der Waals surface area contributed by atoms with E-state index in [1.54, 1.807) is 14.2 Å². The van der Waals surface area contributed by atoms with Crippen molar-refractivity contribution in [2.24, 2.45) is 0 Å². The second-order valence-electron chi connectivity index (χ2n) is 3.12. The highest BCUT2D eigenvalue weighted by molar-refractivity contribution is 5.42. The molecule has 0 aromatic heterocycles. The van der Waals surface area contributed by atoms with E-state index in [0.29, 0.717) is 0 Å². The molecule has 1 aromatic rings.